The van der Waals surface area contributed by atoms with Crippen LogP contribution in [0.1, 0.15) is 45.4 Å². The molecule has 1 fully saturated rings. The first-order valence-electron chi connectivity index (χ1n) is 6.29. The number of nitrogens with zero attached hydrogens (tertiary/aromatic N) is 1. The Morgan fingerprint density at radius 3 is 2.25 bits per heavy atom. The molecule has 0 radical (unpaired) electrons. The summed E-state index contributed by atoms with van der Waals surface area (Å²) in [5, 5.41) is 0. The first kappa shape index (κ1) is 13.9. The van der Waals surface area contributed by atoms with Crippen molar-refractivity contribution < 1.29 is 8.42 Å². The number of hydrogen-bond acceptors (Lipinski definition) is 3. The van der Waals surface area contributed by atoms with Crippen molar-refractivity contribution in [1.29, 1.82) is 0 Å². The van der Waals surface area contributed by atoms with E-state index in [9.17, 15) is 8.42 Å². The monoisotopic (exact) mass is 248 g/mol. The molecule has 1 aliphatic heterocycles. The minimum Gasteiger partial charge on any atom is -0.327 e. The van der Waals surface area contributed by atoms with Gasteiger partial charge in [-0.25, -0.2) is 12.7 Å². The summed E-state index contributed by atoms with van der Waals surface area (Å²) in [4.78, 5) is 0. The second kappa shape index (κ2) is 6.57. The van der Waals surface area contributed by atoms with E-state index in [-0.39, 0.29) is 11.8 Å². The summed E-state index contributed by atoms with van der Waals surface area (Å²) in [5.74, 6) is 0.112. The van der Waals surface area contributed by atoms with Gasteiger partial charge in [0.15, 0.2) is 0 Å². The standard InChI is InChI=1S/C11H24N2O2S/c1-2-7-11(12)10-16(14,15)13-8-5-3-4-6-9-13/h11H,2-10,12H2,1H3. The van der Waals surface area contributed by atoms with E-state index in [0.717, 1.165) is 38.5 Å². The third kappa shape index (κ3) is 4.39. The summed E-state index contributed by atoms with van der Waals surface area (Å²) in [6, 6.07) is -0.210. The molecular weight excluding hydrogens is 224 g/mol. The van der Waals surface area contributed by atoms with Crippen LogP contribution >= 0.6 is 0 Å². The fourth-order valence-electron chi connectivity index (χ4n) is 2.15. The Morgan fingerprint density at radius 1 is 1.19 bits per heavy atom. The number of hydrogen-bond donors (Lipinski definition) is 1. The first-order chi connectivity index (χ1) is 7.56. The zero-order valence-electron chi connectivity index (χ0n) is 10.2. The molecular formula is C11H24N2O2S. The molecule has 0 saturated carbocycles. The van der Waals surface area contributed by atoms with Gasteiger partial charge < -0.3 is 5.73 Å². The topological polar surface area (TPSA) is 63.4 Å². The van der Waals surface area contributed by atoms with Crippen LogP contribution in [0, 0.1) is 0 Å². The van der Waals surface area contributed by atoms with Crippen molar-refractivity contribution in [3.63, 3.8) is 0 Å². The normalized spacial score (nSPS) is 21.6. The van der Waals surface area contributed by atoms with E-state index >= 15 is 0 Å². The van der Waals surface area contributed by atoms with Crippen LogP contribution in [0.3, 0.4) is 0 Å². The predicted octanol–water partition coefficient (Wildman–Crippen LogP) is 1.32. The van der Waals surface area contributed by atoms with Crippen molar-refractivity contribution >= 4 is 10.0 Å². The second-order valence-electron chi connectivity index (χ2n) is 4.64. The number of sulfonamides is 1. The van der Waals surface area contributed by atoms with Gasteiger partial charge in [-0.15, -0.1) is 0 Å². The van der Waals surface area contributed by atoms with Gasteiger partial charge in [0.2, 0.25) is 10.0 Å². The van der Waals surface area contributed by atoms with Crippen molar-refractivity contribution in [2.75, 3.05) is 18.8 Å². The molecule has 1 saturated heterocycles. The minimum absolute atomic E-state index is 0.112. The smallest absolute Gasteiger partial charge is 0.215 e. The Bertz CT molecular complexity index is 282. The van der Waals surface area contributed by atoms with Crippen LogP contribution in [0.15, 0.2) is 0 Å². The largest absolute Gasteiger partial charge is 0.327 e. The lowest BCUT2D eigenvalue weighted by molar-refractivity contribution is 0.419. The van der Waals surface area contributed by atoms with Crippen molar-refractivity contribution in [2.45, 2.75) is 51.5 Å². The molecule has 1 unspecified atom stereocenters. The van der Waals surface area contributed by atoms with Gasteiger partial charge in [0.05, 0.1) is 5.75 Å². The highest BCUT2D eigenvalue weighted by atomic mass is 32.2. The summed E-state index contributed by atoms with van der Waals surface area (Å²) in [6.45, 7) is 3.39. The van der Waals surface area contributed by atoms with Crippen molar-refractivity contribution in [3.8, 4) is 0 Å². The van der Waals surface area contributed by atoms with Crippen LogP contribution in [0.2, 0.25) is 0 Å². The molecule has 1 aliphatic rings. The lowest BCUT2D eigenvalue weighted by atomic mass is 10.2. The second-order valence-corrected chi connectivity index (χ2v) is 6.65. The molecule has 0 aromatic rings. The first-order valence-corrected chi connectivity index (χ1v) is 7.90. The summed E-state index contributed by atoms with van der Waals surface area (Å²) in [6.07, 6.45) is 5.99. The molecule has 5 heteroatoms. The summed E-state index contributed by atoms with van der Waals surface area (Å²) in [5.41, 5.74) is 5.81. The fraction of sp³-hybridized carbons (Fsp3) is 1.00. The molecule has 1 rings (SSSR count). The van der Waals surface area contributed by atoms with Crippen LogP contribution in [0.25, 0.3) is 0 Å². The maximum Gasteiger partial charge on any atom is 0.215 e. The SMILES string of the molecule is CCCC(N)CS(=O)(=O)N1CCCCCC1. The van der Waals surface area contributed by atoms with Gasteiger partial charge >= 0.3 is 0 Å². The fourth-order valence-corrected chi connectivity index (χ4v) is 3.88. The Morgan fingerprint density at radius 2 is 1.75 bits per heavy atom. The van der Waals surface area contributed by atoms with E-state index in [1.165, 1.54) is 0 Å². The molecule has 16 heavy (non-hydrogen) atoms. The molecule has 2 N–H and O–H groups in total. The van der Waals surface area contributed by atoms with Gasteiger partial charge in [0.1, 0.15) is 0 Å². The van der Waals surface area contributed by atoms with E-state index in [2.05, 4.69) is 0 Å². The summed E-state index contributed by atoms with van der Waals surface area (Å²) < 4.78 is 25.8. The maximum absolute atomic E-state index is 12.1. The van der Waals surface area contributed by atoms with Gasteiger partial charge in [-0.3, -0.25) is 0 Å². The zero-order valence-corrected chi connectivity index (χ0v) is 11.0. The highest BCUT2D eigenvalue weighted by Crippen LogP contribution is 2.14. The van der Waals surface area contributed by atoms with Crippen LogP contribution in [-0.2, 0) is 10.0 Å². The third-order valence-corrected chi connectivity index (χ3v) is 5.04. The lowest BCUT2D eigenvalue weighted by Gasteiger charge is -2.21. The molecule has 0 aromatic heterocycles. The maximum atomic E-state index is 12.1. The van der Waals surface area contributed by atoms with E-state index < -0.39 is 10.0 Å². The molecule has 1 heterocycles. The molecule has 0 spiro atoms. The Balaban J connectivity index is 2.54. The Hall–Kier alpha value is -0.130. The van der Waals surface area contributed by atoms with E-state index in [0.29, 0.717) is 13.1 Å². The number of nitrogens with two attached hydrogens (primary N) is 1. The van der Waals surface area contributed by atoms with E-state index in [4.69, 9.17) is 5.73 Å². The van der Waals surface area contributed by atoms with Gasteiger partial charge in [-0.05, 0) is 19.3 Å². The van der Waals surface area contributed by atoms with Gasteiger partial charge in [0.25, 0.3) is 0 Å². The average Bonchev–Trinajstić information content (AvgIpc) is 2.45. The molecule has 96 valence electrons. The van der Waals surface area contributed by atoms with Crippen molar-refractivity contribution in [2.24, 2.45) is 5.73 Å². The number of rotatable bonds is 5. The zero-order chi connectivity index (χ0) is 12.0. The quantitative estimate of drug-likeness (QED) is 0.798. The Kier molecular flexibility index (Phi) is 5.72. The van der Waals surface area contributed by atoms with Crippen LogP contribution in [0.4, 0.5) is 0 Å². The predicted molar refractivity (Wildman–Crippen MR) is 66.7 cm³/mol. The Labute approximate surface area is 99.2 Å². The highest BCUT2D eigenvalue weighted by Gasteiger charge is 2.24. The molecule has 0 bridgehead atoms. The highest BCUT2D eigenvalue weighted by molar-refractivity contribution is 7.89. The van der Waals surface area contributed by atoms with Crippen LogP contribution in [-0.4, -0.2) is 37.6 Å². The summed E-state index contributed by atoms with van der Waals surface area (Å²) >= 11 is 0. The molecule has 1 atom stereocenters. The van der Waals surface area contributed by atoms with Gasteiger partial charge in [0, 0.05) is 19.1 Å². The van der Waals surface area contributed by atoms with Gasteiger partial charge in [-0.1, -0.05) is 26.2 Å². The van der Waals surface area contributed by atoms with E-state index in [1.807, 2.05) is 6.92 Å². The lowest BCUT2D eigenvalue weighted by Crippen LogP contribution is -2.40. The van der Waals surface area contributed by atoms with Crippen molar-refractivity contribution in [1.82, 2.24) is 4.31 Å². The average molecular weight is 248 g/mol. The van der Waals surface area contributed by atoms with Crippen LogP contribution in [0.5, 0.6) is 0 Å². The molecule has 0 amide bonds. The van der Waals surface area contributed by atoms with Crippen molar-refractivity contribution in [3.05, 3.63) is 0 Å². The minimum atomic E-state index is -3.12. The van der Waals surface area contributed by atoms with Crippen LogP contribution < -0.4 is 5.73 Å². The van der Waals surface area contributed by atoms with E-state index in [1.54, 1.807) is 4.31 Å². The van der Waals surface area contributed by atoms with Gasteiger partial charge in [-0.2, -0.15) is 0 Å². The molecule has 0 aromatic carbocycles. The summed E-state index contributed by atoms with van der Waals surface area (Å²) in [7, 11) is -3.12. The molecule has 4 nitrogen and oxygen atoms in total. The third-order valence-electron chi connectivity index (χ3n) is 3.04. The molecule has 0 aliphatic carbocycles.